The molecule has 0 saturated carbocycles. The number of ether oxygens (including phenoxy) is 4. The predicted molar refractivity (Wildman–Crippen MR) is 373 cm³/mol. The zero-order valence-electron chi connectivity index (χ0n) is 56.9. The molecule has 0 aromatic carbocycles. The summed E-state index contributed by atoms with van der Waals surface area (Å²) in [6, 6.07) is 0. The lowest BCUT2D eigenvalue weighted by Gasteiger charge is -2.25. The third-order valence-corrected chi connectivity index (χ3v) is 15.2. The first-order chi connectivity index (χ1) is 42.6. The first kappa shape index (κ1) is 82.7. The van der Waals surface area contributed by atoms with Crippen LogP contribution in [0.4, 0.5) is 0 Å². The summed E-state index contributed by atoms with van der Waals surface area (Å²) in [5, 5.41) is 9.75. The normalized spacial score (nSPS) is 13.4. The van der Waals surface area contributed by atoms with Crippen LogP contribution in [-0.4, -0.2) is 87.4 Å². The van der Waals surface area contributed by atoms with E-state index in [1.807, 2.05) is 21.1 Å². The Labute approximate surface area is 536 Å². The van der Waals surface area contributed by atoms with Crippen molar-refractivity contribution in [2.45, 2.75) is 309 Å². The van der Waals surface area contributed by atoms with Gasteiger partial charge in [-0.1, -0.05) is 296 Å². The Hall–Kier alpha value is -4.31. The minimum absolute atomic E-state index is 0.180. The average Bonchev–Trinajstić information content (AvgIpc) is 3.56. The second-order valence-corrected chi connectivity index (χ2v) is 24.8. The third kappa shape index (κ3) is 69.0. The SMILES string of the molecule is CC/C=C\C/C=C\C/C=C\C/C=C\C/C=C\C/C=C\C/C=C\C/C=C\C/C=C\CCCCCCCCCC(=O)OC(COC(=O)CCCCCCCCCCCCCCCCC/C=C\CCCCCCCCCC)COC(OCC[N+](C)(C)C)C(=O)O. The number of esters is 2. The number of carbonyl (C=O) groups is 3. The Kier molecular flexibility index (Phi) is 64.3. The van der Waals surface area contributed by atoms with Gasteiger partial charge in [0.1, 0.15) is 13.2 Å². The quantitative estimate of drug-likeness (QED) is 0.0211. The van der Waals surface area contributed by atoms with Crippen LogP contribution in [0.1, 0.15) is 296 Å². The maximum atomic E-state index is 12.9. The van der Waals surface area contributed by atoms with E-state index >= 15 is 0 Å². The molecule has 9 nitrogen and oxygen atoms in total. The molecule has 1 N–H and O–H groups in total. The van der Waals surface area contributed by atoms with E-state index in [0.29, 0.717) is 23.9 Å². The van der Waals surface area contributed by atoms with E-state index in [-0.39, 0.29) is 32.2 Å². The first-order valence-electron chi connectivity index (χ1n) is 35.7. The molecule has 0 heterocycles. The van der Waals surface area contributed by atoms with E-state index < -0.39 is 24.3 Å². The van der Waals surface area contributed by atoms with Crippen molar-refractivity contribution in [2.24, 2.45) is 0 Å². The summed E-state index contributed by atoms with van der Waals surface area (Å²) < 4.78 is 23.0. The maximum absolute atomic E-state index is 12.9. The van der Waals surface area contributed by atoms with Crippen molar-refractivity contribution in [1.29, 1.82) is 0 Å². The summed E-state index contributed by atoms with van der Waals surface area (Å²) in [6.07, 6.45) is 93.1. The lowest BCUT2D eigenvalue weighted by Crippen LogP contribution is -2.40. The zero-order valence-corrected chi connectivity index (χ0v) is 56.9. The number of nitrogens with zero attached hydrogens (tertiary/aromatic N) is 1. The van der Waals surface area contributed by atoms with Crippen LogP contribution in [0.25, 0.3) is 0 Å². The van der Waals surface area contributed by atoms with Crippen molar-refractivity contribution in [3.05, 3.63) is 122 Å². The largest absolute Gasteiger partial charge is 0.477 e. The Morgan fingerprint density at radius 3 is 0.989 bits per heavy atom. The van der Waals surface area contributed by atoms with Crippen LogP contribution in [0.2, 0.25) is 0 Å². The van der Waals surface area contributed by atoms with Crippen molar-refractivity contribution in [2.75, 3.05) is 47.5 Å². The van der Waals surface area contributed by atoms with Gasteiger partial charge in [0.2, 0.25) is 0 Å². The molecule has 0 radical (unpaired) electrons. The van der Waals surface area contributed by atoms with Gasteiger partial charge in [0.05, 0.1) is 34.4 Å². The number of quaternary nitrogens is 1. The smallest absolute Gasteiger partial charge is 0.361 e. The topological polar surface area (TPSA) is 108 Å². The summed E-state index contributed by atoms with van der Waals surface area (Å²) >= 11 is 0. The number of hydrogen-bond donors (Lipinski definition) is 1. The molecular weight excluding hydrogens is 1080 g/mol. The van der Waals surface area contributed by atoms with Crippen LogP contribution < -0.4 is 0 Å². The van der Waals surface area contributed by atoms with Gasteiger partial charge in [0, 0.05) is 12.8 Å². The number of carboxylic acids is 1. The van der Waals surface area contributed by atoms with E-state index in [0.717, 1.165) is 103 Å². The molecule has 0 fully saturated rings. The molecule has 0 rings (SSSR count). The molecule has 0 saturated heterocycles. The maximum Gasteiger partial charge on any atom is 0.361 e. The summed E-state index contributed by atoms with van der Waals surface area (Å²) in [5.74, 6) is -2.02. The molecule has 0 aliphatic heterocycles. The van der Waals surface area contributed by atoms with E-state index in [1.165, 1.54) is 161 Å². The number of likely N-dealkylation sites (N-methyl/N-ethyl adjacent to an activating group) is 1. The first-order valence-corrected chi connectivity index (χ1v) is 35.7. The van der Waals surface area contributed by atoms with Crippen LogP contribution in [0.15, 0.2) is 122 Å². The fourth-order valence-corrected chi connectivity index (χ4v) is 9.77. The molecule has 9 heteroatoms. The monoisotopic (exact) mass is 1210 g/mol. The van der Waals surface area contributed by atoms with Crippen molar-refractivity contribution in [1.82, 2.24) is 0 Å². The van der Waals surface area contributed by atoms with Crippen LogP contribution >= 0.6 is 0 Å². The molecule has 498 valence electrons. The zero-order chi connectivity index (χ0) is 63.3. The van der Waals surface area contributed by atoms with Crippen LogP contribution in [0.5, 0.6) is 0 Å². The molecule has 0 spiro atoms. The number of unbranched alkanes of at least 4 members (excludes halogenated alkanes) is 30. The van der Waals surface area contributed by atoms with Crippen LogP contribution in [0, 0.1) is 0 Å². The number of aliphatic carboxylic acids is 1. The summed E-state index contributed by atoms with van der Waals surface area (Å²) in [4.78, 5) is 37.6. The second kappa shape index (κ2) is 67.6. The van der Waals surface area contributed by atoms with Gasteiger partial charge in [0.15, 0.2) is 6.10 Å². The molecule has 0 aliphatic rings. The highest BCUT2D eigenvalue weighted by Gasteiger charge is 2.25. The highest BCUT2D eigenvalue weighted by Crippen LogP contribution is 2.17. The van der Waals surface area contributed by atoms with Crippen molar-refractivity contribution in [3.8, 4) is 0 Å². The number of carboxylic acid groups (broad SMARTS) is 1. The van der Waals surface area contributed by atoms with Crippen LogP contribution in [0.3, 0.4) is 0 Å². The van der Waals surface area contributed by atoms with Gasteiger partial charge in [-0.05, 0) is 109 Å². The van der Waals surface area contributed by atoms with Gasteiger partial charge in [-0.15, -0.1) is 0 Å². The van der Waals surface area contributed by atoms with Crippen molar-refractivity contribution >= 4 is 17.9 Å². The van der Waals surface area contributed by atoms with Crippen molar-refractivity contribution < 1.29 is 42.9 Å². The van der Waals surface area contributed by atoms with Gasteiger partial charge < -0.3 is 28.5 Å². The molecule has 87 heavy (non-hydrogen) atoms. The Morgan fingerprint density at radius 2 is 0.655 bits per heavy atom. The third-order valence-electron chi connectivity index (χ3n) is 15.2. The van der Waals surface area contributed by atoms with Crippen molar-refractivity contribution in [3.63, 3.8) is 0 Å². The van der Waals surface area contributed by atoms with E-state index in [9.17, 15) is 19.5 Å². The van der Waals surface area contributed by atoms with Crippen LogP contribution in [-0.2, 0) is 33.3 Å². The fourth-order valence-electron chi connectivity index (χ4n) is 9.77. The molecule has 2 unspecified atom stereocenters. The highest BCUT2D eigenvalue weighted by atomic mass is 16.7. The van der Waals surface area contributed by atoms with Gasteiger partial charge in [-0.3, -0.25) is 9.59 Å². The molecule has 0 bridgehead atoms. The number of hydrogen-bond acceptors (Lipinski definition) is 7. The lowest BCUT2D eigenvalue weighted by molar-refractivity contribution is -0.870. The predicted octanol–water partition coefficient (Wildman–Crippen LogP) is 22.4. The summed E-state index contributed by atoms with van der Waals surface area (Å²) in [7, 11) is 5.97. The second-order valence-electron chi connectivity index (χ2n) is 24.8. The summed E-state index contributed by atoms with van der Waals surface area (Å²) in [5.41, 5.74) is 0. The Bertz CT molecular complexity index is 1840. The molecule has 0 aliphatic carbocycles. The minimum Gasteiger partial charge on any atom is -0.477 e. The Balaban J connectivity index is 4.18. The van der Waals surface area contributed by atoms with E-state index in [2.05, 4.69) is 135 Å². The summed E-state index contributed by atoms with van der Waals surface area (Å²) in [6.45, 7) is 4.77. The van der Waals surface area contributed by atoms with Gasteiger partial charge in [-0.25, -0.2) is 4.79 Å². The molecule has 0 aromatic heterocycles. The number of rotatable bonds is 65. The molecule has 0 amide bonds. The van der Waals surface area contributed by atoms with Gasteiger partial charge in [-0.2, -0.15) is 0 Å². The van der Waals surface area contributed by atoms with E-state index in [1.54, 1.807) is 0 Å². The molecule has 0 aromatic rings. The number of allylic oxidation sites excluding steroid dienone is 20. The highest BCUT2D eigenvalue weighted by molar-refractivity contribution is 5.71. The standard InChI is InChI=1S/C78H133NO8/c1-6-8-10-12-14-16-18-20-22-24-26-28-30-32-34-35-36-37-38-39-40-41-43-45-47-49-51-53-55-57-59-61-63-65-67-69-76(81)87-74(73-86-78(77(82)83)84-71-70-79(3,4)5)72-85-75(80)68-66-64-62-60-58-56-54-52-50-48-46-44-42-33-31-29-27-25-23-21-19-17-15-13-11-9-7-2/h8,10,14,16,20,22,25-28,32,34,36-37,39-40,43,45,49,51,74,78H,6-7,9,11-13,15,17-19,21,23-24,29-31,33,35,38,41-42,44,46-48,50,52-73H2,1-5H3/p+1/b10-8-,16-14-,22-20-,27-25-,28-26-,34-32-,37-36-,40-39-,45-43-,51-49-. The Morgan fingerprint density at radius 1 is 0.356 bits per heavy atom. The van der Waals surface area contributed by atoms with E-state index in [4.69, 9.17) is 18.9 Å². The van der Waals surface area contributed by atoms with Gasteiger partial charge >= 0.3 is 17.9 Å². The number of carbonyl (C=O) groups excluding carboxylic acids is 2. The van der Waals surface area contributed by atoms with Gasteiger partial charge in [0.25, 0.3) is 6.29 Å². The lowest BCUT2D eigenvalue weighted by atomic mass is 10.0. The molecular formula is C78H134NO8+. The minimum atomic E-state index is -1.52. The molecule has 2 atom stereocenters. The fraction of sp³-hybridized carbons (Fsp3) is 0.705. The average molecular weight is 1210 g/mol.